The van der Waals surface area contributed by atoms with E-state index >= 15 is 0 Å². The highest BCUT2D eigenvalue weighted by molar-refractivity contribution is 5.82. The van der Waals surface area contributed by atoms with Gasteiger partial charge in [-0.05, 0) is 11.1 Å². The normalized spacial score (nSPS) is 8.92. The predicted octanol–water partition coefficient (Wildman–Crippen LogP) is 2.11. The molecule has 4 heteroatoms. The van der Waals surface area contributed by atoms with Crippen molar-refractivity contribution in [1.82, 2.24) is 0 Å². The average Bonchev–Trinajstić information content (AvgIpc) is 2.16. The summed E-state index contributed by atoms with van der Waals surface area (Å²) in [6.07, 6.45) is 0.333. The molecule has 0 radical (unpaired) electrons. The first-order valence-corrected chi connectivity index (χ1v) is 3.89. The van der Waals surface area contributed by atoms with E-state index in [-0.39, 0.29) is 12.3 Å². The van der Waals surface area contributed by atoms with E-state index in [9.17, 15) is 4.79 Å². The van der Waals surface area contributed by atoms with Gasteiger partial charge in [0, 0.05) is 11.3 Å². The SMILES string of the molecule is [N-]=[N+]=NCC(=O)Cc1ccccc1. The van der Waals surface area contributed by atoms with Gasteiger partial charge in [0.05, 0.1) is 6.54 Å². The van der Waals surface area contributed by atoms with E-state index in [0.717, 1.165) is 5.56 Å². The van der Waals surface area contributed by atoms with Crippen LogP contribution < -0.4 is 0 Å². The summed E-state index contributed by atoms with van der Waals surface area (Å²) in [5.41, 5.74) is 8.93. The topological polar surface area (TPSA) is 65.8 Å². The summed E-state index contributed by atoms with van der Waals surface area (Å²) < 4.78 is 0. The highest BCUT2D eigenvalue weighted by Crippen LogP contribution is 2.00. The maximum absolute atomic E-state index is 11.1. The van der Waals surface area contributed by atoms with Gasteiger partial charge in [-0.25, -0.2) is 0 Å². The van der Waals surface area contributed by atoms with Crippen LogP contribution >= 0.6 is 0 Å². The molecule has 0 fully saturated rings. The van der Waals surface area contributed by atoms with Crippen LogP contribution in [0.4, 0.5) is 0 Å². The molecule has 0 aliphatic rings. The number of azide groups is 1. The maximum Gasteiger partial charge on any atom is 0.143 e. The fourth-order valence-corrected chi connectivity index (χ4v) is 0.990. The van der Waals surface area contributed by atoms with Gasteiger partial charge in [0.15, 0.2) is 0 Å². The van der Waals surface area contributed by atoms with E-state index < -0.39 is 0 Å². The van der Waals surface area contributed by atoms with Gasteiger partial charge in [-0.2, -0.15) is 0 Å². The molecule has 0 heterocycles. The molecule has 0 aliphatic heterocycles. The zero-order chi connectivity index (χ0) is 9.52. The Hall–Kier alpha value is -1.80. The number of hydrogen-bond donors (Lipinski definition) is 0. The third kappa shape index (κ3) is 3.40. The van der Waals surface area contributed by atoms with Gasteiger partial charge in [-0.15, -0.1) is 0 Å². The van der Waals surface area contributed by atoms with Gasteiger partial charge < -0.3 is 0 Å². The van der Waals surface area contributed by atoms with Crippen LogP contribution in [0.3, 0.4) is 0 Å². The summed E-state index contributed by atoms with van der Waals surface area (Å²) in [5.74, 6) is -0.0657. The number of rotatable bonds is 4. The number of carbonyl (C=O) groups excluding carboxylic acids is 1. The Morgan fingerprint density at radius 1 is 1.38 bits per heavy atom. The Bertz CT molecular complexity index is 328. The van der Waals surface area contributed by atoms with Crippen LogP contribution in [0.25, 0.3) is 10.4 Å². The second-order valence-electron chi connectivity index (χ2n) is 2.59. The minimum absolute atomic E-state index is 0.0641. The van der Waals surface area contributed by atoms with Crippen molar-refractivity contribution in [3.8, 4) is 0 Å². The number of nitrogens with zero attached hydrogens (tertiary/aromatic N) is 3. The Morgan fingerprint density at radius 2 is 2.08 bits per heavy atom. The monoisotopic (exact) mass is 175 g/mol. The van der Waals surface area contributed by atoms with Crippen LogP contribution in [0, 0.1) is 0 Å². The van der Waals surface area contributed by atoms with Crippen LogP contribution in [0.5, 0.6) is 0 Å². The van der Waals surface area contributed by atoms with Crippen molar-refractivity contribution in [2.45, 2.75) is 6.42 Å². The molecule has 0 N–H and O–H groups in total. The summed E-state index contributed by atoms with van der Waals surface area (Å²) >= 11 is 0. The molecule has 0 saturated carbocycles. The molecule has 1 aromatic carbocycles. The van der Waals surface area contributed by atoms with Crippen molar-refractivity contribution < 1.29 is 4.79 Å². The largest absolute Gasteiger partial charge is 0.299 e. The third-order valence-corrected chi connectivity index (χ3v) is 1.55. The number of Topliss-reactive ketones (excluding diaryl/α,β-unsaturated/α-hetero) is 1. The standard InChI is InChI=1S/C9H9N3O/c10-12-11-7-9(13)6-8-4-2-1-3-5-8/h1-5H,6-7H2. The van der Waals surface area contributed by atoms with Gasteiger partial charge in [-0.3, -0.25) is 4.79 Å². The van der Waals surface area contributed by atoms with Gasteiger partial charge in [0.1, 0.15) is 5.78 Å². The first-order valence-electron chi connectivity index (χ1n) is 3.89. The van der Waals surface area contributed by atoms with E-state index in [0.29, 0.717) is 6.42 Å². The van der Waals surface area contributed by atoms with Crippen LogP contribution in [-0.2, 0) is 11.2 Å². The third-order valence-electron chi connectivity index (χ3n) is 1.55. The lowest BCUT2D eigenvalue weighted by Crippen LogP contribution is -2.05. The van der Waals surface area contributed by atoms with Crippen molar-refractivity contribution >= 4 is 5.78 Å². The van der Waals surface area contributed by atoms with E-state index in [1.807, 2.05) is 30.3 Å². The molecule has 4 nitrogen and oxygen atoms in total. The number of carbonyl (C=O) groups is 1. The molecule has 1 rings (SSSR count). The summed E-state index contributed by atoms with van der Waals surface area (Å²) in [7, 11) is 0. The smallest absolute Gasteiger partial charge is 0.143 e. The number of hydrogen-bond acceptors (Lipinski definition) is 2. The Morgan fingerprint density at radius 3 is 2.69 bits per heavy atom. The molecule has 13 heavy (non-hydrogen) atoms. The molecule has 0 atom stereocenters. The Kier molecular flexibility index (Phi) is 3.54. The van der Waals surface area contributed by atoms with Crippen LogP contribution in [0.1, 0.15) is 5.56 Å². The summed E-state index contributed by atoms with van der Waals surface area (Å²) in [5, 5.41) is 3.20. The first kappa shape index (κ1) is 9.29. The molecular weight excluding hydrogens is 166 g/mol. The zero-order valence-corrected chi connectivity index (χ0v) is 7.05. The lowest BCUT2D eigenvalue weighted by atomic mass is 10.1. The van der Waals surface area contributed by atoms with E-state index in [4.69, 9.17) is 5.53 Å². The minimum atomic E-state index is -0.0657. The molecule has 0 spiro atoms. The highest BCUT2D eigenvalue weighted by atomic mass is 16.1. The second-order valence-corrected chi connectivity index (χ2v) is 2.59. The van der Waals surface area contributed by atoms with Gasteiger partial charge in [0.2, 0.25) is 0 Å². The Balaban J connectivity index is 2.50. The van der Waals surface area contributed by atoms with Crippen LogP contribution in [0.2, 0.25) is 0 Å². The molecule has 0 unspecified atom stereocenters. The first-order chi connectivity index (χ1) is 6.33. The molecule has 66 valence electrons. The van der Waals surface area contributed by atoms with Crippen molar-refractivity contribution in [2.75, 3.05) is 6.54 Å². The van der Waals surface area contributed by atoms with Crippen LogP contribution in [0.15, 0.2) is 35.4 Å². The number of benzene rings is 1. The van der Waals surface area contributed by atoms with E-state index in [1.54, 1.807) is 0 Å². The molecule has 0 aliphatic carbocycles. The van der Waals surface area contributed by atoms with Crippen LogP contribution in [-0.4, -0.2) is 12.3 Å². The summed E-state index contributed by atoms with van der Waals surface area (Å²) in [6, 6.07) is 9.37. The molecular formula is C9H9N3O. The predicted molar refractivity (Wildman–Crippen MR) is 49.2 cm³/mol. The van der Waals surface area contributed by atoms with Crippen molar-refractivity contribution in [1.29, 1.82) is 0 Å². The van der Waals surface area contributed by atoms with Crippen molar-refractivity contribution in [2.24, 2.45) is 5.11 Å². The zero-order valence-electron chi connectivity index (χ0n) is 7.05. The quantitative estimate of drug-likeness (QED) is 0.392. The lowest BCUT2D eigenvalue weighted by molar-refractivity contribution is -0.117. The minimum Gasteiger partial charge on any atom is -0.299 e. The maximum atomic E-state index is 11.1. The second kappa shape index (κ2) is 4.95. The molecule has 0 aromatic heterocycles. The molecule has 0 saturated heterocycles. The van der Waals surface area contributed by atoms with Gasteiger partial charge in [0.25, 0.3) is 0 Å². The van der Waals surface area contributed by atoms with Crippen molar-refractivity contribution in [3.63, 3.8) is 0 Å². The number of ketones is 1. The average molecular weight is 175 g/mol. The van der Waals surface area contributed by atoms with E-state index in [1.165, 1.54) is 0 Å². The highest BCUT2D eigenvalue weighted by Gasteiger charge is 2.00. The molecule has 0 bridgehead atoms. The fraction of sp³-hybridized carbons (Fsp3) is 0.222. The fourth-order valence-electron chi connectivity index (χ4n) is 0.990. The van der Waals surface area contributed by atoms with Gasteiger partial charge in [-0.1, -0.05) is 35.4 Å². The Labute approximate surface area is 75.8 Å². The summed E-state index contributed by atoms with van der Waals surface area (Å²) in [6.45, 7) is -0.0641. The lowest BCUT2D eigenvalue weighted by Gasteiger charge is -1.96. The van der Waals surface area contributed by atoms with Gasteiger partial charge >= 0.3 is 0 Å². The molecule has 1 aromatic rings. The summed E-state index contributed by atoms with van der Waals surface area (Å²) in [4.78, 5) is 13.6. The molecule has 0 amide bonds. The van der Waals surface area contributed by atoms with Crippen molar-refractivity contribution in [3.05, 3.63) is 46.3 Å². The van der Waals surface area contributed by atoms with E-state index in [2.05, 4.69) is 10.0 Å².